The summed E-state index contributed by atoms with van der Waals surface area (Å²) in [6.45, 7) is 0. The fourth-order valence-corrected chi connectivity index (χ4v) is 1.65. The molecule has 0 spiro atoms. The Kier molecular flexibility index (Phi) is 4.44. The first-order chi connectivity index (χ1) is 7.06. The van der Waals surface area contributed by atoms with Gasteiger partial charge in [-0.05, 0) is 12.5 Å². The van der Waals surface area contributed by atoms with Gasteiger partial charge < -0.3 is 15.9 Å². The number of hydrogen-bond donors (Lipinski definition) is 3. The van der Waals surface area contributed by atoms with Crippen LogP contribution in [0.15, 0.2) is 12.3 Å². The molecule has 1 heterocycles. The Bertz CT molecular complexity index is 338. The Morgan fingerprint density at radius 1 is 1.53 bits per heavy atom. The highest BCUT2D eigenvalue weighted by molar-refractivity contribution is 9.09. The van der Waals surface area contributed by atoms with Crippen molar-refractivity contribution >= 4 is 21.7 Å². The predicted octanol–water partition coefficient (Wildman–Crippen LogP) is 0.982. The number of aromatic nitrogens is 1. The number of anilines is 1. The van der Waals surface area contributed by atoms with Crippen molar-refractivity contribution in [1.29, 1.82) is 0 Å². The van der Waals surface area contributed by atoms with Crippen LogP contribution in [0.3, 0.4) is 0 Å². The van der Waals surface area contributed by atoms with E-state index >= 15 is 0 Å². The molecule has 0 aliphatic carbocycles. The number of aliphatic hydroxyl groups excluding tert-OH is 2. The second-order valence-corrected chi connectivity index (χ2v) is 3.91. The van der Waals surface area contributed by atoms with Crippen LogP contribution >= 0.6 is 15.9 Å². The maximum Gasteiger partial charge on any atom is 0.142 e. The van der Waals surface area contributed by atoms with E-state index < -0.39 is 18.0 Å². The zero-order valence-corrected chi connectivity index (χ0v) is 9.48. The van der Waals surface area contributed by atoms with Gasteiger partial charge in [0, 0.05) is 10.9 Å². The lowest BCUT2D eigenvalue weighted by atomic mass is 10.0. The Hall–Kier alpha value is -0.720. The molecule has 15 heavy (non-hydrogen) atoms. The number of hydrogen-bond acceptors (Lipinski definition) is 4. The first-order valence-electron chi connectivity index (χ1n) is 4.39. The van der Waals surface area contributed by atoms with Crippen molar-refractivity contribution in [2.45, 2.75) is 18.6 Å². The Morgan fingerprint density at radius 2 is 2.20 bits per heavy atom. The monoisotopic (exact) mass is 278 g/mol. The molecule has 0 amide bonds. The van der Waals surface area contributed by atoms with Gasteiger partial charge in [0.1, 0.15) is 17.7 Å². The van der Waals surface area contributed by atoms with Gasteiger partial charge in [0.05, 0.1) is 12.3 Å². The highest BCUT2D eigenvalue weighted by Gasteiger charge is 2.21. The molecular weight excluding hydrogens is 267 g/mol. The van der Waals surface area contributed by atoms with Gasteiger partial charge in [-0.1, -0.05) is 15.9 Å². The average molecular weight is 279 g/mol. The maximum atomic E-state index is 12.8. The molecule has 0 fully saturated rings. The summed E-state index contributed by atoms with van der Waals surface area (Å²) in [7, 11) is 0. The van der Waals surface area contributed by atoms with E-state index in [1.165, 1.54) is 0 Å². The smallest absolute Gasteiger partial charge is 0.142 e. The van der Waals surface area contributed by atoms with Gasteiger partial charge in [0.2, 0.25) is 0 Å². The van der Waals surface area contributed by atoms with Crippen molar-refractivity contribution in [3.8, 4) is 0 Å². The number of rotatable bonds is 4. The standard InChI is InChI=1S/C9H12BrFN2O2/c10-2-1-7(14)8(15)6-3-5(11)4-13-9(6)12/h3-4,7-8,14-15H,1-2H2,(H2,12,13). The molecule has 4 nitrogen and oxygen atoms in total. The SMILES string of the molecule is Nc1ncc(F)cc1C(O)C(O)CCBr. The highest BCUT2D eigenvalue weighted by Crippen LogP contribution is 2.23. The third-order valence-electron chi connectivity index (χ3n) is 2.00. The molecule has 84 valence electrons. The number of aliphatic hydroxyl groups is 2. The lowest BCUT2D eigenvalue weighted by molar-refractivity contribution is 0.0175. The summed E-state index contributed by atoms with van der Waals surface area (Å²) in [6, 6.07) is 1.07. The van der Waals surface area contributed by atoms with Crippen LogP contribution in [-0.4, -0.2) is 26.6 Å². The normalized spacial score (nSPS) is 14.9. The third kappa shape index (κ3) is 3.12. The van der Waals surface area contributed by atoms with E-state index in [-0.39, 0.29) is 11.4 Å². The Balaban J connectivity index is 2.89. The molecule has 1 aromatic rings. The minimum Gasteiger partial charge on any atom is -0.390 e. The van der Waals surface area contributed by atoms with Crippen LogP contribution in [-0.2, 0) is 0 Å². The number of nitrogen functional groups attached to an aromatic ring is 1. The van der Waals surface area contributed by atoms with Gasteiger partial charge in [-0.15, -0.1) is 0 Å². The average Bonchev–Trinajstić information content (AvgIpc) is 2.21. The Labute approximate surface area is 95.1 Å². The second kappa shape index (κ2) is 5.39. The summed E-state index contributed by atoms with van der Waals surface area (Å²) in [5, 5.41) is 19.7. The summed E-state index contributed by atoms with van der Waals surface area (Å²) in [4.78, 5) is 3.56. The number of nitrogens with two attached hydrogens (primary N) is 1. The predicted molar refractivity (Wildman–Crippen MR) is 58.0 cm³/mol. The van der Waals surface area contributed by atoms with Gasteiger partial charge >= 0.3 is 0 Å². The molecule has 0 radical (unpaired) electrons. The fourth-order valence-electron chi connectivity index (χ4n) is 1.18. The maximum absolute atomic E-state index is 12.8. The first kappa shape index (κ1) is 12.4. The van der Waals surface area contributed by atoms with E-state index in [9.17, 15) is 14.6 Å². The molecule has 0 aromatic carbocycles. The second-order valence-electron chi connectivity index (χ2n) is 3.12. The molecule has 2 unspecified atom stereocenters. The molecule has 6 heteroatoms. The van der Waals surface area contributed by atoms with Crippen LogP contribution in [0, 0.1) is 5.82 Å². The van der Waals surface area contributed by atoms with Crippen LogP contribution in [0.4, 0.5) is 10.2 Å². The molecule has 1 aromatic heterocycles. The largest absolute Gasteiger partial charge is 0.390 e. The molecule has 0 aliphatic heterocycles. The molecular formula is C9H12BrFN2O2. The summed E-state index contributed by atoms with van der Waals surface area (Å²) in [5.41, 5.74) is 5.58. The van der Waals surface area contributed by atoms with Gasteiger partial charge in [0.25, 0.3) is 0 Å². The number of nitrogens with zero attached hydrogens (tertiary/aromatic N) is 1. The van der Waals surface area contributed by atoms with E-state index in [1.807, 2.05) is 0 Å². The zero-order chi connectivity index (χ0) is 11.4. The number of halogens is 2. The molecule has 0 saturated carbocycles. The molecule has 0 saturated heterocycles. The van der Waals surface area contributed by atoms with Crippen molar-refractivity contribution in [2.24, 2.45) is 0 Å². The third-order valence-corrected chi connectivity index (χ3v) is 2.46. The lowest BCUT2D eigenvalue weighted by Crippen LogP contribution is -2.20. The summed E-state index contributed by atoms with van der Waals surface area (Å²) in [6.07, 6.45) is -0.902. The molecule has 1 rings (SSSR count). The summed E-state index contributed by atoms with van der Waals surface area (Å²) >= 11 is 3.13. The van der Waals surface area contributed by atoms with Crippen molar-refractivity contribution < 1.29 is 14.6 Å². The van der Waals surface area contributed by atoms with E-state index in [0.29, 0.717) is 11.8 Å². The van der Waals surface area contributed by atoms with Gasteiger partial charge in [-0.25, -0.2) is 9.37 Å². The van der Waals surface area contributed by atoms with Crippen molar-refractivity contribution in [1.82, 2.24) is 4.98 Å². The molecule has 2 atom stereocenters. The molecule has 4 N–H and O–H groups in total. The number of pyridine rings is 1. The molecule has 0 bridgehead atoms. The zero-order valence-electron chi connectivity index (χ0n) is 7.90. The molecule has 0 aliphatic rings. The topological polar surface area (TPSA) is 79.4 Å². The number of alkyl halides is 1. The van der Waals surface area contributed by atoms with E-state index in [1.54, 1.807) is 0 Å². The van der Waals surface area contributed by atoms with Crippen molar-refractivity contribution in [3.05, 3.63) is 23.6 Å². The minimum absolute atomic E-state index is 0.0255. The minimum atomic E-state index is -1.22. The van der Waals surface area contributed by atoms with E-state index in [0.717, 1.165) is 12.3 Å². The van der Waals surface area contributed by atoms with Crippen LogP contribution in [0.5, 0.6) is 0 Å². The quantitative estimate of drug-likeness (QED) is 0.718. The van der Waals surface area contributed by atoms with Crippen molar-refractivity contribution in [2.75, 3.05) is 11.1 Å². The van der Waals surface area contributed by atoms with Gasteiger partial charge in [0.15, 0.2) is 0 Å². The van der Waals surface area contributed by atoms with Crippen LogP contribution in [0.2, 0.25) is 0 Å². The first-order valence-corrected chi connectivity index (χ1v) is 5.51. The lowest BCUT2D eigenvalue weighted by Gasteiger charge is -2.18. The van der Waals surface area contributed by atoms with Crippen LogP contribution in [0.1, 0.15) is 18.1 Å². The van der Waals surface area contributed by atoms with Crippen LogP contribution < -0.4 is 5.73 Å². The van der Waals surface area contributed by atoms with Crippen LogP contribution in [0.25, 0.3) is 0 Å². The van der Waals surface area contributed by atoms with E-state index in [2.05, 4.69) is 20.9 Å². The highest BCUT2D eigenvalue weighted by atomic mass is 79.9. The van der Waals surface area contributed by atoms with Gasteiger partial charge in [-0.2, -0.15) is 0 Å². The Morgan fingerprint density at radius 3 is 2.80 bits per heavy atom. The van der Waals surface area contributed by atoms with Crippen molar-refractivity contribution in [3.63, 3.8) is 0 Å². The summed E-state index contributed by atoms with van der Waals surface area (Å²) in [5.74, 6) is -0.568. The van der Waals surface area contributed by atoms with Gasteiger partial charge in [-0.3, -0.25) is 0 Å². The van der Waals surface area contributed by atoms with E-state index in [4.69, 9.17) is 5.73 Å². The summed E-state index contributed by atoms with van der Waals surface area (Å²) < 4.78 is 12.8. The fraction of sp³-hybridized carbons (Fsp3) is 0.444.